The summed E-state index contributed by atoms with van der Waals surface area (Å²) in [5.74, 6) is -0.931. The lowest BCUT2D eigenvalue weighted by atomic mass is 10.1. The molecular weight excluding hydrogens is 651 g/mol. The Balaban J connectivity index is 4.04. The first-order valence-corrected chi connectivity index (χ1v) is 21.1. The van der Waals surface area contributed by atoms with Crippen LogP contribution in [0.2, 0.25) is 0 Å². The normalized spacial score (nSPS) is 13.1. The number of esters is 2. The average Bonchev–Trinajstić information content (AvgIpc) is 3.08. The Morgan fingerprint density at radius 2 is 0.900 bits per heavy atom. The van der Waals surface area contributed by atoms with E-state index in [0.29, 0.717) is 12.8 Å². The van der Waals surface area contributed by atoms with Gasteiger partial charge in [-0.25, -0.2) is 4.57 Å². The highest BCUT2D eigenvalue weighted by atomic mass is 31.2. The summed E-state index contributed by atoms with van der Waals surface area (Å²) in [6.07, 6.45) is 45.0. The van der Waals surface area contributed by atoms with Crippen LogP contribution in [-0.2, 0) is 28.2 Å². The summed E-state index contributed by atoms with van der Waals surface area (Å²) in [6, 6.07) is 0. The van der Waals surface area contributed by atoms with Crippen LogP contribution in [0.5, 0.6) is 0 Å². The Kier molecular flexibility index (Phi) is 34.9. The van der Waals surface area contributed by atoms with Crippen molar-refractivity contribution in [3.8, 4) is 0 Å². The van der Waals surface area contributed by atoms with Crippen molar-refractivity contribution in [2.24, 2.45) is 0 Å². The minimum atomic E-state index is -4.76. The molecule has 0 saturated carbocycles. The molecule has 0 spiro atoms. The van der Waals surface area contributed by atoms with Crippen LogP contribution in [0.3, 0.4) is 0 Å². The van der Waals surface area contributed by atoms with Gasteiger partial charge in [-0.3, -0.25) is 14.1 Å². The second-order valence-corrected chi connectivity index (χ2v) is 14.1. The largest absolute Gasteiger partial charge is 0.469 e. The van der Waals surface area contributed by atoms with Crippen molar-refractivity contribution in [1.29, 1.82) is 0 Å². The number of phosphoric acid groups is 1. The topological polar surface area (TPSA) is 119 Å². The third-order valence-corrected chi connectivity index (χ3v) is 8.49. The lowest BCUT2D eigenvalue weighted by Gasteiger charge is -2.18. The molecule has 288 valence electrons. The monoisotopic (exact) mass is 722 g/mol. The molecule has 1 atom stereocenters. The van der Waals surface area contributed by atoms with E-state index in [1.165, 1.54) is 51.4 Å². The van der Waals surface area contributed by atoms with E-state index in [1.54, 1.807) is 0 Å². The first-order chi connectivity index (χ1) is 24.3. The van der Waals surface area contributed by atoms with Crippen molar-refractivity contribution in [2.75, 3.05) is 13.2 Å². The van der Waals surface area contributed by atoms with Gasteiger partial charge in [0.25, 0.3) is 0 Å². The van der Waals surface area contributed by atoms with E-state index in [4.69, 9.17) is 19.3 Å². The van der Waals surface area contributed by atoms with Crippen LogP contribution in [0.1, 0.15) is 168 Å². The van der Waals surface area contributed by atoms with Crippen molar-refractivity contribution in [3.05, 3.63) is 60.8 Å². The quantitative estimate of drug-likeness (QED) is 0.0287. The highest BCUT2D eigenvalue weighted by Crippen LogP contribution is 2.36. The summed E-state index contributed by atoms with van der Waals surface area (Å²) >= 11 is 0. The van der Waals surface area contributed by atoms with Crippen LogP contribution in [0.4, 0.5) is 0 Å². The summed E-state index contributed by atoms with van der Waals surface area (Å²) in [5, 5.41) is 0. The maximum atomic E-state index is 12.4. The zero-order valence-electron chi connectivity index (χ0n) is 31.5. The predicted molar refractivity (Wildman–Crippen MR) is 207 cm³/mol. The van der Waals surface area contributed by atoms with Crippen molar-refractivity contribution in [1.82, 2.24) is 0 Å². The maximum absolute atomic E-state index is 12.4. The fourth-order valence-corrected chi connectivity index (χ4v) is 5.42. The fraction of sp³-hybridized carbons (Fsp3) is 0.707. The molecule has 0 aliphatic rings. The Hall–Kier alpha value is -2.25. The lowest BCUT2D eigenvalue weighted by molar-refractivity contribution is -0.161. The third kappa shape index (κ3) is 38.6. The van der Waals surface area contributed by atoms with E-state index < -0.39 is 32.5 Å². The smallest absolute Gasteiger partial charge is 0.462 e. The van der Waals surface area contributed by atoms with Crippen LogP contribution >= 0.6 is 7.82 Å². The van der Waals surface area contributed by atoms with Gasteiger partial charge in [-0.2, -0.15) is 0 Å². The molecular formula is C41H71O8P. The van der Waals surface area contributed by atoms with Crippen molar-refractivity contribution in [2.45, 2.75) is 174 Å². The molecule has 0 unspecified atom stereocenters. The predicted octanol–water partition coefficient (Wildman–Crippen LogP) is 11.7. The fourth-order valence-electron chi connectivity index (χ4n) is 5.06. The molecule has 9 heteroatoms. The first kappa shape index (κ1) is 47.8. The molecule has 0 aromatic carbocycles. The van der Waals surface area contributed by atoms with E-state index in [2.05, 4.69) is 79.1 Å². The minimum absolute atomic E-state index is 0.188. The van der Waals surface area contributed by atoms with Gasteiger partial charge in [0.15, 0.2) is 6.10 Å². The van der Waals surface area contributed by atoms with Crippen molar-refractivity contribution in [3.63, 3.8) is 0 Å². The van der Waals surface area contributed by atoms with E-state index >= 15 is 0 Å². The number of allylic oxidation sites excluding steroid dienone is 10. The Morgan fingerprint density at radius 1 is 0.520 bits per heavy atom. The summed E-state index contributed by atoms with van der Waals surface area (Å²) < 4.78 is 26.3. The van der Waals surface area contributed by atoms with Crippen molar-refractivity contribution < 1.29 is 37.9 Å². The summed E-state index contributed by atoms with van der Waals surface area (Å²) in [7, 11) is -4.76. The molecule has 0 saturated heterocycles. The summed E-state index contributed by atoms with van der Waals surface area (Å²) in [5.41, 5.74) is 0. The number of rotatable bonds is 35. The van der Waals surface area contributed by atoms with Crippen molar-refractivity contribution >= 4 is 19.8 Å². The number of carbonyl (C=O) groups is 2. The molecule has 50 heavy (non-hydrogen) atoms. The van der Waals surface area contributed by atoms with E-state index in [-0.39, 0.29) is 19.4 Å². The van der Waals surface area contributed by atoms with Crippen LogP contribution in [0.15, 0.2) is 60.8 Å². The van der Waals surface area contributed by atoms with Gasteiger partial charge in [0.1, 0.15) is 6.61 Å². The minimum Gasteiger partial charge on any atom is -0.462 e. The van der Waals surface area contributed by atoms with Crippen LogP contribution < -0.4 is 0 Å². The zero-order valence-corrected chi connectivity index (χ0v) is 32.4. The van der Waals surface area contributed by atoms with E-state index in [1.807, 2.05) is 0 Å². The Bertz CT molecular complexity index is 995. The molecule has 8 nitrogen and oxygen atoms in total. The van der Waals surface area contributed by atoms with Gasteiger partial charge in [-0.15, -0.1) is 0 Å². The molecule has 0 radical (unpaired) electrons. The standard InChI is InChI=1S/C41H71O8P/c1-3-5-7-9-11-13-15-17-19-20-22-23-25-27-29-31-33-35-40(42)47-37-39(38-48-50(44,45)46)49-41(43)36-34-32-30-28-26-24-21-18-16-14-12-10-8-6-4-2/h11-14,17-19,21-23,39H,3-10,15-16,20,24-38H2,1-2H3,(H2,44,45,46)/b13-11+,14-12+,19-17+,21-18+,23-22+/t39-/m1/s1. The van der Waals surface area contributed by atoms with Gasteiger partial charge < -0.3 is 19.3 Å². The van der Waals surface area contributed by atoms with E-state index in [0.717, 1.165) is 77.0 Å². The molecule has 0 heterocycles. The molecule has 2 N–H and O–H groups in total. The molecule has 0 aromatic heterocycles. The second kappa shape index (κ2) is 36.5. The molecule has 0 bridgehead atoms. The third-order valence-electron chi connectivity index (χ3n) is 8.01. The number of unbranched alkanes of at least 4 members (excludes halogenated alkanes) is 15. The molecule has 0 fully saturated rings. The van der Waals surface area contributed by atoms with Gasteiger partial charge in [0, 0.05) is 12.8 Å². The SMILES string of the molecule is CCCCC/C=C/C/C=C/C/C=C/CCCCCCC(=O)OC[C@H](COP(=O)(O)O)OC(=O)CCCCCCC/C=C/C/C=C/CCCCC. The van der Waals surface area contributed by atoms with Crippen LogP contribution in [-0.4, -0.2) is 41.0 Å². The van der Waals surface area contributed by atoms with E-state index in [9.17, 15) is 14.2 Å². The first-order valence-electron chi connectivity index (χ1n) is 19.6. The highest BCUT2D eigenvalue weighted by Gasteiger charge is 2.22. The average molecular weight is 723 g/mol. The number of ether oxygens (including phenoxy) is 2. The van der Waals surface area contributed by atoms with Gasteiger partial charge in [-0.05, 0) is 83.5 Å². The molecule has 0 aromatic rings. The zero-order chi connectivity index (χ0) is 36.8. The number of hydrogen-bond donors (Lipinski definition) is 2. The highest BCUT2D eigenvalue weighted by molar-refractivity contribution is 7.46. The van der Waals surface area contributed by atoms with Gasteiger partial charge in [0.05, 0.1) is 6.61 Å². The Labute approximate surface area is 305 Å². The number of carbonyl (C=O) groups excluding carboxylic acids is 2. The van der Waals surface area contributed by atoms with Gasteiger partial charge in [-0.1, -0.05) is 132 Å². The molecule has 0 aliphatic heterocycles. The van der Waals surface area contributed by atoms with Gasteiger partial charge in [0.2, 0.25) is 0 Å². The summed E-state index contributed by atoms with van der Waals surface area (Å²) in [4.78, 5) is 42.7. The lowest BCUT2D eigenvalue weighted by Crippen LogP contribution is -2.29. The summed E-state index contributed by atoms with van der Waals surface area (Å²) in [6.45, 7) is 3.58. The maximum Gasteiger partial charge on any atom is 0.469 e. The van der Waals surface area contributed by atoms with Crippen LogP contribution in [0, 0.1) is 0 Å². The second-order valence-electron chi connectivity index (χ2n) is 12.9. The molecule has 0 rings (SSSR count). The van der Waals surface area contributed by atoms with Gasteiger partial charge >= 0.3 is 19.8 Å². The number of hydrogen-bond acceptors (Lipinski definition) is 6. The van der Waals surface area contributed by atoms with Crippen LogP contribution in [0.25, 0.3) is 0 Å². The Morgan fingerprint density at radius 3 is 1.34 bits per heavy atom. The molecule has 0 aliphatic carbocycles. The number of phosphoric ester groups is 1. The molecule has 0 amide bonds.